The molecule has 1 N–H and O–H groups in total. The van der Waals surface area contributed by atoms with Crippen LogP contribution in [0.4, 0.5) is 16.3 Å². The molecule has 0 bridgehead atoms. The smallest absolute Gasteiger partial charge is 0.306 e. The summed E-state index contributed by atoms with van der Waals surface area (Å²) in [5.41, 5.74) is 3.88. The van der Waals surface area contributed by atoms with Crippen molar-refractivity contribution in [3.8, 4) is 11.3 Å². The predicted octanol–water partition coefficient (Wildman–Crippen LogP) is 4.47. The van der Waals surface area contributed by atoms with Gasteiger partial charge in [0.1, 0.15) is 5.82 Å². The summed E-state index contributed by atoms with van der Waals surface area (Å²) < 4.78 is 0. The first-order valence-electron chi connectivity index (χ1n) is 9.21. The lowest BCUT2D eigenvalue weighted by Gasteiger charge is -2.22. The van der Waals surface area contributed by atoms with E-state index in [1.54, 1.807) is 35.5 Å². The van der Waals surface area contributed by atoms with Crippen molar-refractivity contribution in [3.63, 3.8) is 0 Å². The van der Waals surface area contributed by atoms with E-state index >= 15 is 0 Å². The molecule has 28 heavy (non-hydrogen) atoms. The van der Waals surface area contributed by atoms with Crippen LogP contribution in [-0.4, -0.2) is 28.3 Å². The monoisotopic (exact) mass is 372 g/mol. The molecule has 0 fully saturated rings. The maximum absolute atomic E-state index is 12.9. The van der Waals surface area contributed by atoms with Crippen LogP contribution in [0, 0.1) is 6.92 Å². The van der Waals surface area contributed by atoms with Crippen LogP contribution in [0.5, 0.6) is 0 Å². The number of anilines is 2. The van der Waals surface area contributed by atoms with Crippen LogP contribution >= 0.6 is 0 Å². The number of carbonyl (C=O) groups excluding carboxylic acids is 2. The number of Topliss-reactive ketones (excluding diaryl/α,β-unsaturated/α-hetero) is 1. The van der Waals surface area contributed by atoms with E-state index in [4.69, 9.17) is 4.98 Å². The van der Waals surface area contributed by atoms with Crippen LogP contribution in [0.2, 0.25) is 0 Å². The normalized spacial score (nSPS) is 13.6. The SMILES string of the molecule is Cc1cccc(-c2ccc3c(n2)N(C(=O)Nc2cccnc2)CCCC3=O)c1. The highest BCUT2D eigenvalue weighted by Crippen LogP contribution is 2.29. The molecular formula is C22H20N4O2. The molecule has 3 heterocycles. The highest BCUT2D eigenvalue weighted by atomic mass is 16.2. The van der Waals surface area contributed by atoms with E-state index in [1.807, 2.05) is 37.3 Å². The predicted molar refractivity (Wildman–Crippen MR) is 109 cm³/mol. The maximum Gasteiger partial charge on any atom is 0.327 e. The molecule has 6 heteroatoms. The number of urea groups is 1. The number of rotatable bonds is 2. The molecule has 1 aliphatic heterocycles. The van der Waals surface area contributed by atoms with Gasteiger partial charge in [0.2, 0.25) is 0 Å². The van der Waals surface area contributed by atoms with Gasteiger partial charge in [-0.1, -0.05) is 23.8 Å². The van der Waals surface area contributed by atoms with Crippen LogP contribution in [0.25, 0.3) is 11.3 Å². The minimum atomic E-state index is -0.321. The van der Waals surface area contributed by atoms with Crippen LogP contribution in [-0.2, 0) is 0 Å². The van der Waals surface area contributed by atoms with Gasteiger partial charge < -0.3 is 5.32 Å². The fourth-order valence-corrected chi connectivity index (χ4v) is 3.30. The van der Waals surface area contributed by atoms with E-state index < -0.39 is 0 Å². The summed E-state index contributed by atoms with van der Waals surface area (Å²) in [5, 5.41) is 2.84. The number of pyridine rings is 2. The number of nitrogens with one attached hydrogen (secondary N) is 1. The van der Waals surface area contributed by atoms with Crippen molar-refractivity contribution in [3.05, 3.63) is 72.1 Å². The molecular weight excluding hydrogens is 352 g/mol. The lowest BCUT2D eigenvalue weighted by Crippen LogP contribution is -2.36. The summed E-state index contributed by atoms with van der Waals surface area (Å²) in [5.74, 6) is 0.415. The quantitative estimate of drug-likeness (QED) is 0.720. The number of fused-ring (bicyclic) bond motifs is 1. The minimum absolute atomic E-state index is 0.00923. The number of ketones is 1. The molecule has 0 aliphatic carbocycles. The first kappa shape index (κ1) is 17.9. The first-order valence-corrected chi connectivity index (χ1v) is 9.21. The molecule has 0 unspecified atom stereocenters. The Labute approximate surface area is 163 Å². The zero-order valence-corrected chi connectivity index (χ0v) is 15.6. The van der Waals surface area contributed by atoms with Crippen LogP contribution in [0.3, 0.4) is 0 Å². The van der Waals surface area contributed by atoms with Crippen molar-refractivity contribution >= 4 is 23.3 Å². The van der Waals surface area contributed by atoms with Crippen LogP contribution < -0.4 is 10.2 Å². The second-order valence-electron chi connectivity index (χ2n) is 6.79. The maximum atomic E-state index is 12.9. The van der Waals surface area contributed by atoms with Crippen molar-refractivity contribution in [1.82, 2.24) is 9.97 Å². The number of carbonyl (C=O) groups is 2. The lowest BCUT2D eigenvalue weighted by molar-refractivity contribution is 0.0983. The number of nitrogens with zero attached hydrogens (tertiary/aromatic N) is 3. The molecule has 2 aromatic heterocycles. The van der Waals surface area contributed by atoms with Gasteiger partial charge in [0.15, 0.2) is 5.78 Å². The summed E-state index contributed by atoms with van der Waals surface area (Å²) in [6, 6.07) is 14.8. The fourth-order valence-electron chi connectivity index (χ4n) is 3.30. The Morgan fingerprint density at radius 3 is 2.82 bits per heavy atom. The molecule has 0 radical (unpaired) electrons. The van der Waals surface area contributed by atoms with Gasteiger partial charge in [-0.15, -0.1) is 0 Å². The van der Waals surface area contributed by atoms with Crippen LogP contribution in [0.1, 0.15) is 28.8 Å². The van der Waals surface area contributed by atoms with Crippen molar-refractivity contribution in [1.29, 1.82) is 0 Å². The number of amides is 2. The second kappa shape index (κ2) is 7.60. The number of benzene rings is 1. The number of aryl methyl sites for hydroxylation is 1. The molecule has 4 rings (SSSR count). The standard InChI is InChI=1S/C22H20N4O2/c1-15-5-2-6-16(13-15)19-10-9-18-20(27)8-4-12-26(21(18)25-19)22(28)24-17-7-3-11-23-14-17/h2-3,5-7,9-11,13-14H,4,8,12H2,1H3,(H,24,28). The van der Waals surface area contributed by atoms with E-state index in [-0.39, 0.29) is 11.8 Å². The molecule has 0 saturated heterocycles. The average Bonchev–Trinajstić information content (AvgIpc) is 2.87. The average molecular weight is 372 g/mol. The molecule has 3 aromatic rings. The molecule has 0 saturated carbocycles. The van der Waals surface area contributed by atoms with Crippen molar-refractivity contribution in [2.24, 2.45) is 0 Å². The third kappa shape index (κ3) is 3.62. The number of hydrogen-bond acceptors (Lipinski definition) is 4. The zero-order valence-electron chi connectivity index (χ0n) is 15.6. The molecule has 1 aliphatic rings. The van der Waals surface area contributed by atoms with Gasteiger partial charge in [0, 0.05) is 24.7 Å². The largest absolute Gasteiger partial charge is 0.327 e. The Morgan fingerprint density at radius 1 is 1.14 bits per heavy atom. The second-order valence-corrected chi connectivity index (χ2v) is 6.79. The molecule has 6 nitrogen and oxygen atoms in total. The third-order valence-corrected chi connectivity index (χ3v) is 4.69. The Morgan fingerprint density at radius 2 is 2.04 bits per heavy atom. The highest BCUT2D eigenvalue weighted by Gasteiger charge is 2.27. The Kier molecular flexibility index (Phi) is 4.85. The topological polar surface area (TPSA) is 75.2 Å². The van der Waals surface area contributed by atoms with Gasteiger partial charge in [-0.05, 0) is 43.7 Å². The highest BCUT2D eigenvalue weighted by molar-refractivity contribution is 6.08. The summed E-state index contributed by atoms with van der Waals surface area (Å²) in [6.07, 6.45) is 4.22. The van der Waals surface area contributed by atoms with Gasteiger partial charge in [-0.2, -0.15) is 0 Å². The van der Waals surface area contributed by atoms with Gasteiger partial charge in [0.05, 0.1) is 23.1 Å². The minimum Gasteiger partial charge on any atom is -0.306 e. The third-order valence-electron chi connectivity index (χ3n) is 4.69. The molecule has 0 spiro atoms. The van der Waals surface area contributed by atoms with Gasteiger partial charge in [-0.3, -0.25) is 14.7 Å². The van der Waals surface area contributed by atoms with E-state index in [0.717, 1.165) is 16.8 Å². The molecule has 1 aromatic carbocycles. The van der Waals surface area contributed by atoms with Gasteiger partial charge in [0.25, 0.3) is 0 Å². The van der Waals surface area contributed by atoms with Gasteiger partial charge >= 0.3 is 6.03 Å². The Bertz CT molecular complexity index is 1030. The van der Waals surface area contributed by atoms with E-state index in [0.29, 0.717) is 36.5 Å². The summed E-state index contributed by atoms with van der Waals surface area (Å²) in [7, 11) is 0. The fraction of sp³-hybridized carbons (Fsp3) is 0.182. The van der Waals surface area contributed by atoms with Gasteiger partial charge in [-0.25, -0.2) is 9.78 Å². The van der Waals surface area contributed by atoms with E-state index in [2.05, 4.69) is 10.3 Å². The number of hydrogen-bond donors (Lipinski definition) is 1. The van der Waals surface area contributed by atoms with E-state index in [1.165, 1.54) is 0 Å². The summed E-state index contributed by atoms with van der Waals surface area (Å²) in [6.45, 7) is 2.44. The molecule has 140 valence electrons. The van der Waals surface area contributed by atoms with Crippen molar-refractivity contribution in [2.75, 3.05) is 16.8 Å². The summed E-state index contributed by atoms with van der Waals surface area (Å²) in [4.78, 5) is 35.7. The Balaban J connectivity index is 1.73. The van der Waals surface area contributed by atoms with Crippen LogP contribution in [0.15, 0.2) is 60.9 Å². The zero-order chi connectivity index (χ0) is 19.5. The summed E-state index contributed by atoms with van der Waals surface area (Å²) >= 11 is 0. The first-order chi connectivity index (χ1) is 13.6. The Hall–Kier alpha value is -3.54. The van der Waals surface area contributed by atoms with E-state index in [9.17, 15) is 9.59 Å². The molecule has 0 atom stereocenters. The lowest BCUT2D eigenvalue weighted by atomic mass is 10.1. The van der Waals surface area contributed by atoms with Crippen molar-refractivity contribution < 1.29 is 9.59 Å². The van der Waals surface area contributed by atoms with Crippen molar-refractivity contribution in [2.45, 2.75) is 19.8 Å². The number of aromatic nitrogens is 2. The molecule has 2 amide bonds.